The number of piperidine rings is 1. The van der Waals surface area contributed by atoms with Gasteiger partial charge in [0.2, 0.25) is 11.8 Å². The second-order valence-corrected chi connectivity index (χ2v) is 16.4. The van der Waals surface area contributed by atoms with Crippen molar-refractivity contribution in [1.29, 1.82) is 5.26 Å². The third-order valence-electron chi connectivity index (χ3n) is 12.8. The highest BCUT2D eigenvalue weighted by Gasteiger charge is 2.46. The summed E-state index contributed by atoms with van der Waals surface area (Å²) in [7, 11) is 0. The monoisotopic (exact) mass is 769 g/mol. The van der Waals surface area contributed by atoms with Gasteiger partial charge in [0, 0.05) is 48.5 Å². The van der Waals surface area contributed by atoms with Crippen LogP contribution in [0.1, 0.15) is 94.7 Å². The molecule has 292 valence electrons. The highest BCUT2D eigenvalue weighted by Crippen LogP contribution is 2.48. The first-order valence-electron chi connectivity index (χ1n) is 19.9. The van der Waals surface area contributed by atoms with Crippen LogP contribution in [0.3, 0.4) is 0 Å². The van der Waals surface area contributed by atoms with Crippen molar-refractivity contribution in [2.75, 3.05) is 23.3 Å². The van der Waals surface area contributed by atoms with Crippen LogP contribution in [0.5, 0.6) is 0 Å². The van der Waals surface area contributed by atoms with Gasteiger partial charge in [0.1, 0.15) is 17.6 Å². The van der Waals surface area contributed by atoms with E-state index in [1.807, 2.05) is 13.8 Å². The molecule has 3 aromatic carbocycles. The average Bonchev–Trinajstić information content (AvgIpc) is 3.87. The largest absolute Gasteiger partial charge is 0.380 e. The lowest BCUT2D eigenvalue weighted by atomic mass is 9.87. The van der Waals surface area contributed by atoms with E-state index in [0.717, 1.165) is 108 Å². The Kier molecular flexibility index (Phi) is 8.99. The van der Waals surface area contributed by atoms with Gasteiger partial charge in [0.05, 0.1) is 40.0 Å². The molecule has 1 aromatic heterocycles. The van der Waals surface area contributed by atoms with Crippen molar-refractivity contribution >= 4 is 40.7 Å². The summed E-state index contributed by atoms with van der Waals surface area (Å²) in [5.74, 6) is -2.39. The van der Waals surface area contributed by atoms with Gasteiger partial charge in [-0.15, -0.1) is 0 Å². The number of nitrogens with zero attached hydrogens (tertiary/aromatic N) is 5. The lowest BCUT2D eigenvalue weighted by Gasteiger charge is -2.51. The zero-order valence-corrected chi connectivity index (χ0v) is 32.2. The molecule has 4 amide bonds. The van der Waals surface area contributed by atoms with Gasteiger partial charge in [-0.1, -0.05) is 29.4 Å². The highest BCUT2D eigenvalue weighted by atomic mass is 19.1. The molecule has 0 radical (unpaired) electrons. The molecule has 5 aliphatic rings. The summed E-state index contributed by atoms with van der Waals surface area (Å²) in [5.41, 5.74) is 7.13. The van der Waals surface area contributed by atoms with Gasteiger partial charge in [0.15, 0.2) is 0 Å². The minimum Gasteiger partial charge on any atom is -0.380 e. The summed E-state index contributed by atoms with van der Waals surface area (Å²) in [6.45, 7) is 7.79. The van der Waals surface area contributed by atoms with Crippen molar-refractivity contribution in [1.82, 2.24) is 20.3 Å². The fourth-order valence-electron chi connectivity index (χ4n) is 9.35. The first-order chi connectivity index (χ1) is 27.4. The van der Waals surface area contributed by atoms with Crippen molar-refractivity contribution in [2.45, 2.75) is 102 Å². The Morgan fingerprint density at radius 2 is 1.63 bits per heavy atom. The molecule has 1 unspecified atom stereocenters. The smallest absolute Gasteiger partial charge is 0.262 e. The summed E-state index contributed by atoms with van der Waals surface area (Å²) in [6.07, 6.45) is 5.30. The maximum Gasteiger partial charge on any atom is 0.262 e. The molecule has 9 rings (SSSR count). The van der Waals surface area contributed by atoms with Gasteiger partial charge >= 0.3 is 0 Å². The summed E-state index contributed by atoms with van der Waals surface area (Å²) in [5, 5.41) is 19.5. The second kappa shape index (κ2) is 14.0. The molecule has 57 heavy (non-hydrogen) atoms. The number of rotatable bonds is 9. The molecular weight excluding hydrogens is 726 g/mol. The molecule has 2 saturated carbocycles. The van der Waals surface area contributed by atoms with Crippen LogP contribution in [0.2, 0.25) is 0 Å². The molecule has 0 spiro atoms. The molecule has 2 aliphatic carbocycles. The van der Waals surface area contributed by atoms with Crippen molar-refractivity contribution < 1.29 is 28.1 Å². The Bertz CT molecular complexity index is 2350. The predicted molar refractivity (Wildman–Crippen MR) is 209 cm³/mol. The number of hydrogen-bond acceptors (Lipinski definition) is 10. The minimum absolute atomic E-state index is 0.0143. The van der Waals surface area contributed by atoms with E-state index in [1.165, 1.54) is 6.07 Å². The van der Waals surface area contributed by atoms with Crippen molar-refractivity contribution in [2.24, 2.45) is 0 Å². The summed E-state index contributed by atoms with van der Waals surface area (Å²) in [4.78, 5) is 56.4. The normalized spacial score (nSPS) is 23.1. The maximum absolute atomic E-state index is 15.4. The van der Waals surface area contributed by atoms with Crippen LogP contribution in [0.25, 0.3) is 11.1 Å². The van der Waals surface area contributed by atoms with Gasteiger partial charge in [-0.25, -0.2) is 4.39 Å². The molecule has 4 fully saturated rings. The number of anilines is 3. The van der Waals surface area contributed by atoms with Crippen molar-refractivity contribution in [3.05, 3.63) is 94.1 Å². The molecule has 1 atom stereocenters. The van der Waals surface area contributed by atoms with Gasteiger partial charge in [-0.2, -0.15) is 5.26 Å². The third kappa shape index (κ3) is 6.36. The number of halogens is 1. The number of benzene rings is 3. The number of nitriles is 1. The zero-order valence-electron chi connectivity index (χ0n) is 32.2. The zero-order chi connectivity index (χ0) is 39.7. The summed E-state index contributed by atoms with van der Waals surface area (Å²) < 4.78 is 21.0. The molecule has 0 bridgehead atoms. The standard InChI is InChI=1S/C44H44FN7O5/c1-24-4-5-27(40-25(2)49-57-26(40)3)18-38(24)51(31-10-6-28(7-11-31)44(23-46)16-17-44)32-21-50(22-32)30-12-8-29(9-13-30)47-36-20-34-33(19-35(36)45)42(55)52(43(34)56)37-14-15-39(53)48-41(37)54/h4-7,10-11,18-20,29-30,32,37,47H,8-9,12-17,21-22H2,1-3H3,(H,48,53,54). The molecule has 3 aliphatic heterocycles. The van der Waals surface area contributed by atoms with Crippen molar-refractivity contribution in [3.8, 4) is 17.2 Å². The van der Waals surface area contributed by atoms with Crippen LogP contribution in [0, 0.1) is 37.9 Å². The Balaban J connectivity index is 0.881. The number of aromatic nitrogens is 1. The number of carbonyl (C=O) groups excluding carboxylic acids is 4. The average molecular weight is 770 g/mol. The van der Waals surface area contributed by atoms with E-state index in [1.54, 1.807) is 0 Å². The number of nitrogens with one attached hydrogen (secondary N) is 2. The van der Waals surface area contributed by atoms with Gasteiger partial charge in [-0.05, 0) is 113 Å². The number of likely N-dealkylation sites (tertiary alicyclic amines) is 1. The van der Waals surface area contributed by atoms with Gasteiger partial charge in [-0.3, -0.25) is 34.3 Å². The van der Waals surface area contributed by atoms with E-state index in [0.29, 0.717) is 6.04 Å². The van der Waals surface area contributed by atoms with E-state index in [9.17, 15) is 24.4 Å². The molecule has 4 heterocycles. The Morgan fingerprint density at radius 3 is 2.26 bits per heavy atom. The minimum atomic E-state index is -1.11. The fourth-order valence-corrected chi connectivity index (χ4v) is 9.35. The first-order valence-corrected chi connectivity index (χ1v) is 19.9. The Morgan fingerprint density at radius 1 is 0.930 bits per heavy atom. The summed E-state index contributed by atoms with van der Waals surface area (Å²) in [6, 6.07) is 19.5. The topological polar surface area (TPSA) is 152 Å². The molecule has 2 N–H and O–H groups in total. The lowest BCUT2D eigenvalue weighted by Crippen LogP contribution is -2.62. The van der Waals surface area contributed by atoms with Crippen LogP contribution < -0.4 is 15.5 Å². The number of carbonyl (C=O) groups is 4. The number of amides is 4. The van der Waals surface area contributed by atoms with Crippen molar-refractivity contribution in [3.63, 3.8) is 0 Å². The van der Waals surface area contributed by atoms with E-state index in [-0.39, 0.29) is 47.2 Å². The van der Waals surface area contributed by atoms with Crippen LogP contribution in [-0.2, 0) is 15.0 Å². The van der Waals surface area contributed by atoms with Gasteiger partial charge < -0.3 is 14.7 Å². The number of hydrogen-bond donors (Lipinski definition) is 2. The molecule has 12 nitrogen and oxygen atoms in total. The Hall–Kier alpha value is -5.87. The van der Waals surface area contributed by atoms with E-state index in [4.69, 9.17) is 4.52 Å². The predicted octanol–water partition coefficient (Wildman–Crippen LogP) is 6.61. The van der Waals surface area contributed by atoms with Crippen LogP contribution in [-0.4, -0.2) is 75.8 Å². The maximum atomic E-state index is 15.4. The SMILES string of the molecule is Cc1ccc(-c2c(C)noc2C)cc1N(c1ccc(C2(C#N)CC2)cc1)C1CN(C2CCC(Nc3cc4c(cc3F)C(=O)N(C3CCC(=O)NC3=O)C4=O)CC2)C1. The molecular formula is C44H44FN7O5. The molecule has 4 aromatic rings. The van der Waals surface area contributed by atoms with Crippen LogP contribution in [0.4, 0.5) is 21.5 Å². The summed E-state index contributed by atoms with van der Waals surface area (Å²) >= 11 is 0. The number of aryl methyl sites for hydroxylation is 3. The quantitative estimate of drug-likeness (QED) is 0.178. The highest BCUT2D eigenvalue weighted by molar-refractivity contribution is 6.23. The van der Waals surface area contributed by atoms with Crippen LogP contribution in [0.15, 0.2) is 59.1 Å². The third-order valence-corrected chi connectivity index (χ3v) is 12.8. The van der Waals surface area contributed by atoms with Crippen LogP contribution >= 0.6 is 0 Å². The van der Waals surface area contributed by atoms with E-state index in [2.05, 4.69) is 81.0 Å². The second-order valence-electron chi connectivity index (χ2n) is 16.4. The molecule has 13 heteroatoms. The van der Waals surface area contributed by atoms with E-state index < -0.39 is 35.5 Å². The fraction of sp³-hybridized carbons (Fsp3) is 0.409. The number of fused-ring (bicyclic) bond motifs is 1. The first kappa shape index (κ1) is 36.7. The number of imide groups is 2. The van der Waals surface area contributed by atoms with Gasteiger partial charge in [0.25, 0.3) is 11.8 Å². The lowest BCUT2D eigenvalue weighted by molar-refractivity contribution is -0.136. The van der Waals surface area contributed by atoms with E-state index >= 15 is 4.39 Å². The Labute approximate surface area is 330 Å². The molecule has 2 saturated heterocycles.